The molecule has 2 N–H and O–H groups in total. The molecule has 1 atom stereocenters. The average molecular weight is 436 g/mol. The summed E-state index contributed by atoms with van der Waals surface area (Å²) in [6.45, 7) is 3.13. The van der Waals surface area contributed by atoms with Gasteiger partial charge in [0.05, 0.1) is 18.8 Å². The second kappa shape index (κ2) is 9.22. The minimum Gasteiger partial charge on any atom is -0.495 e. The van der Waals surface area contributed by atoms with E-state index in [1.807, 2.05) is 36.6 Å². The molecule has 1 aliphatic rings. The smallest absolute Gasteiger partial charge is 0.313 e. The number of rotatable bonds is 6. The van der Waals surface area contributed by atoms with E-state index in [-0.39, 0.29) is 6.04 Å². The zero-order valence-electron chi connectivity index (χ0n) is 17.6. The number of fused-ring (bicyclic) bond motifs is 1. The Morgan fingerprint density at radius 1 is 1.13 bits per heavy atom. The normalized spacial score (nSPS) is 13.4. The van der Waals surface area contributed by atoms with E-state index in [1.165, 1.54) is 18.4 Å². The molecule has 0 radical (unpaired) electrons. The summed E-state index contributed by atoms with van der Waals surface area (Å²) in [5.74, 6) is -0.870. The Balaban J connectivity index is 1.46. The zero-order chi connectivity index (χ0) is 21.8. The number of para-hydroxylation sites is 1. The largest absolute Gasteiger partial charge is 0.495 e. The summed E-state index contributed by atoms with van der Waals surface area (Å²) in [4.78, 5) is 28.6. The van der Waals surface area contributed by atoms with Crippen molar-refractivity contribution in [3.05, 3.63) is 76.0 Å². The highest BCUT2D eigenvalue weighted by atomic mass is 32.1. The van der Waals surface area contributed by atoms with Gasteiger partial charge < -0.3 is 20.3 Å². The van der Waals surface area contributed by atoms with Gasteiger partial charge in [0.1, 0.15) is 5.75 Å². The van der Waals surface area contributed by atoms with E-state index < -0.39 is 11.8 Å². The maximum absolute atomic E-state index is 12.6. The molecular weight excluding hydrogens is 410 g/mol. The molecule has 0 saturated heterocycles. The molecule has 1 aromatic heterocycles. The Morgan fingerprint density at radius 3 is 2.74 bits per heavy atom. The number of ether oxygens (including phenoxy) is 1. The quantitative estimate of drug-likeness (QED) is 0.576. The molecule has 0 bridgehead atoms. The van der Waals surface area contributed by atoms with Gasteiger partial charge in [-0.15, -0.1) is 11.3 Å². The number of benzene rings is 2. The lowest BCUT2D eigenvalue weighted by molar-refractivity contribution is -0.136. The first-order valence-electron chi connectivity index (χ1n) is 10.2. The maximum atomic E-state index is 12.6. The fraction of sp³-hybridized carbons (Fsp3) is 0.250. The number of thiophene rings is 1. The van der Waals surface area contributed by atoms with Gasteiger partial charge in [0.2, 0.25) is 0 Å². The van der Waals surface area contributed by atoms with Crippen LogP contribution in [0.1, 0.15) is 22.0 Å². The van der Waals surface area contributed by atoms with Crippen LogP contribution >= 0.6 is 11.3 Å². The van der Waals surface area contributed by atoms with E-state index >= 15 is 0 Å². The molecule has 1 aliphatic heterocycles. The van der Waals surface area contributed by atoms with Gasteiger partial charge in [-0.3, -0.25) is 9.59 Å². The second-order valence-electron chi connectivity index (χ2n) is 7.47. The van der Waals surface area contributed by atoms with Crippen molar-refractivity contribution in [3.63, 3.8) is 0 Å². The van der Waals surface area contributed by atoms with Crippen molar-refractivity contribution in [3.8, 4) is 5.75 Å². The number of carbonyl (C=O) groups is 2. The third-order valence-corrected chi connectivity index (χ3v) is 6.41. The molecule has 160 valence electrons. The second-order valence-corrected chi connectivity index (χ2v) is 8.45. The summed E-state index contributed by atoms with van der Waals surface area (Å²) < 4.78 is 5.28. The first-order valence-corrected chi connectivity index (χ1v) is 11.1. The summed E-state index contributed by atoms with van der Waals surface area (Å²) in [6.07, 6.45) is 0.972. The van der Waals surface area contributed by atoms with E-state index in [2.05, 4.69) is 33.7 Å². The molecule has 4 rings (SSSR count). The van der Waals surface area contributed by atoms with Crippen LogP contribution in [0.25, 0.3) is 0 Å². The van der Waals surface area contributed by atoms with E-state index in [0.29, 0.717) is 18.0 Å². The summed E-state index contributed by atoms with van der Waals surface area (Å²) in [7, 11) is 1.53. The Morgan fingerprint density at radius 2 is 1.97 bits per heavy atom. The molecule has 2 aromatic carbocycles. The van der Waals surface area contributed by atoms with Gasteiger partial charge in [0.15, 0.2) is 0 Å². The molecule has 0 saturated carbocycles. The molecular formula is C24H25N3O3S. The molecule has 2 heterocycles. The van der Waals surface area contributed by atoms with Crippen LogP contribution in [-0.4, -0.2) is 32.0 Å². The van der Waals surface area contributed by atoms with E-state index in [0.717, 1.165) is 23.4 Å². The van der Waals surface area contributed by atoms with Crippen molar-refractivity contribution in [2.75, 3.05) is 30.4 Å². The van der Waals surface area contributed by atoms with E-state index in [1.54, 1.807) is 23.5 Å². The van der Waals surface area contributed by atoms with Gasteiger partial charge in [0, 0.05) is 23.7 Å². The van der Waals surface area contributed by atoms with Gasteiger partial charge in [0.25, 0.3) is 0 Å². The van der Waals surface area contributed by atoms with Crippen LogP contribution in [0.5, 0.6) is 5.75 Å². The molecule has 7 heteroatoms. The minimum atomic E-state index is -0.712. The Hall–Kier alpha value is -3.32. The van der Waals surface area contributed by atoms with Crippen LogP contribution in [0, 0.1) is 6.92 Å². The Kier molecular flexibility index (Phi) is 6.23. The van der Waals surface area contributed by atoms with Crippen LogP contribution in [-0.2, 0) is 16.0 Å². The van der Waals surface area contributed by atoms with Gasteiger partial charge >= 0.3 is 11.8 Å². The third-order valence-electron chi connectivity index (χ3n) is 5.44. The highest BCUT2D eigenvalue weighted by Gasteiger charge is 2.28. The van der Waals surface area contributed by atoms with Gasteiger partial charge in [-0.2, -0.15) is 0 Å². The molecule has 2 amide bonds. The van der Waals surface area contributed by atoms with Gasteiger partial charge in [-0.05, 0) is 54.1 Å². The number of carbonyl (C=O) groups excluding carboxylic acids is 2. The van der Waals surface area contributed by atoms with Crippen LogP contribution in [0.2, 0.25) is 0 Å². The van der Waals surface area contributed by atoms with Gasteiger partial charge in [-0.25, -0.2) is 0 Å². The monoisotopic (exact) mass is 435 g/mol. The topological polar surface area (TPSA) is 70.7 Å². The highest BCUT2D eigenvalue weighted by molar-refractivity contribution is 7.10. The highest BCUT2D eigenvalue weighted by Crippen LogP contribution is 2.36. The predicted molar refractivity (Wildman–Crippen MR) is 124 cm³/mol. The number of hydrogen-bond acceptors (Lipinski definition) is 5. The van der Waals surface area contributed by atoms with Gasteiger partial charge in [-0.1, -0.05) is 30.3 Å². The summed E-state index contributed by atoms with van der Waals surface area (Å²) >= 11 is 1.65. The molecule has 6 nitrogen and oxygen atoms in total. The number of methoxy groups -OCH3 is 1. The minimum absolute atomic E-state index is 0.0334. The van der Waals surface area contributed by atoms with Crippen LogP contribution in [0.4, 0.5) is 11.4 Å². The third kappa shape index (κ3) is 4.56. The zero-order valence-corrected chi connectivity index (χ0v) is 18.4. The van der Waals surface area contributed by atoms with Crippen molar-refractivity contribution in [1.82, 2.24) is 5.32 Å². The van der Waals surface area contributed by atoms with E-state index in [9.17, 15) is 9.59 Å². The molecule has 0 fully saturated rings. The van der Waals surface area contributed by atoms with E-state index in [4.69, 9.17) is 4.74 Å². The molecule has 3 aromatic rings. The van der Waals surface area contributed by atoms with Crippen LogP contribution in [0.15, 0.2) is 60.0 Å². The predicted octanol–water partition coefficient (Wildman–Crippen LogP) is 3.92. The molecule has 31 heavy (non-hydrogen) atoms. The number of anilines is 2. The fourth-order valence-electron chi connectivity index (χ4n) is 3.90. The SMILES string of the molecule is COc1ccc(C)cc1NC(=O)C(=O)NCC(c1cccs1)N1CCc2ccccc21. The van der Waals surface area contributed by atoms with Crippen molar-refractivity contribution < 1.29 is 14.3 Å². The molecule has 0 spiro atoms. The summed E-state index contributed by atoms with van der Waals surface area (Å²) in [5.41, 5.74) is 3.93. The number of nitrogens with one attached hydrogen (secondary N) is 2. The number of nitrogens with zero attached hydrogens (tertiary/aromatic N) is 1. The van der Waals surface area contributed by atoms with Crippen molar-refractivity contribution >= 4 is 34.5 Å². The molecule has 0 aliphatic carbocycles. The molecule has 1 unspecified atom stereocenters. The number of aryl methyl sites for hydroxylation is 1. The Labute approximate surface area is 185 Å². The van der Waals surface area contributed by atoms with Crippen molar-refractivity contribution in [1.29, 1.82) is 0 Å². The average Bonchev–Trinajstić information content (AvgIpc) is 3.45. The number of amides is 2. The van der Waals surface area contributed by atoms with Crippen LogP contribution in [0.3, 0.4) is 0 Å². The summed E-state index contributed by atoms with van der Waals surface area (Å²) in [5, 5.41) is 7.51. The van der Waals surface area contributed by atoms with Crippen LogP contribution < -0.4 is 20.3 Å². The lowest BCUT2D eigenvalue weighted by Gasteiger charge is -2.30. The first-order chi connectivity index (χ1) is 15.1. The number of hydrogen-bond donors (Lipinski definition) is 2. The fourth-order valence-corrected chi connectivity index (χ4v) is 4.74. The maximum Gasteiger partial charge on any atom is 0.313 e. The van der Waals surface area contributed by atoms with Crippen molar-refractivity contribution in [2.45, 2.75) is 19.4 Å². The first kappa shape index (κ1) is 20.9. The van der Waals surface area contributed by atoms with Crippen molar-refractivity contribution in [2.24, 2.45) is 0 Å². The lowest BCUT2D eigenvalue weighted by atomic mass is 10.1. The Bertz CT molecular complexity index is 1080. The lowest BCUT2D eigenvalue weighted by Crippen LogP contribution is -2.41. The standard InChI is InChI=1S/C24H25N3O3S/c1-16-9-10-21(30-2)18(14-16)26-24(29)23(28)25-15-20(22-8-5-13-31-22)27-12-11-17-6-3-4-7-19(17)27/h3-10,13-14,20H,11-12,15H2,1-2H3,(H,25,28)(H,26,29). The summed E-state index contributed by atoms with van der Waals surface area (Å²) in [6, 6.07) is 17.8.